The second-order valence-electron chi connectivity index (χ2n) is 3.87. The van der Waals surface area contributed by atoms with Crippen molar-refractivity contribution in [2.45, 2.75) is 13.2 Å². The molecule has 0 aliphatic carbocycles. The van der Waals surface area contributed by atoms with Crippen molar-refractivity contribution in [3.63, 3.8) is 0 Å². The SMILES string of the molecule is Nc1cn[nH]c1C(=O)NCc1ccccc1OC(F)F. The summed E-state index contributed by atoms with van der Waals surface area (Å²) in [6.45, 7) is -2.89. The number of amides is 1. The molecule has 0 saturated heterocycles. The van der Waals surface area contributed by atoms with E-state index in [2.05, 4.69) is 20.3 Å². The number of nitrogen functional groups attached to an aromatic ring is 1. The smallest absolute Gasteiger partial charge is 0.387 e. The Hall–Kier alpha value is -2.64. The van der Waals surface area contributed by atoms with Crippen LogP contribution in [0.4, 0.5) is 14.5 Å². The fourth-order valence-electron chi connectivity index (χ4n) is 1.60. The van der Waals surface area contributed by atoms with Crippen molar-refractivity contribution in [1.82, 2.24) is 15.5 Å². The number of benzene rings is 1. The number of carbonyl (C=O) groups excluding carboxylic acids is 1. The van der Waals surface area contributed by atoms with E-state index in [1.54, 1.807) is 18.2 Å². The van der Waals surface area contributed by atoms with E-state index in [1.165, 1.54) is 12.3 Å². The van der Waals surface area contributed by atoms with Crippen molar-refractivity contribution >= 4 is 11.6 Å². The molecular formula is C12H12F2N4O2. The lowest BCUT2D eigenvalue weighted by Gasteiger charge is -2.11. The van der Waals surface area contributed by atoms with Crippen molar-refractivity contribution in [1.29, 1.82) is 0 Å². The first kappa shape index (κ1) is 13.8. The summed E-state index contributed by atoms with van der Waals surface area (Å²) < 4.78 is 28.8. The number of H-pyrrole nitrogens is 1. The zero-order valence-electron chi connectivity index (χ0n) is 10.3. The van der Waals surface area contributed by atoms with Gasteiger partial charge in [-0.25, -0.2) is 0 Å². The summed E-state index contributed by atoms with van der Waals surface area (Å²) in [5.74, 6) is -0.466. The summed E-state index contributed by atoms with van der Waals surface area (Å²) in [6.07, 6.45) is 1.31. The lowest BCUT2D eigenvalue weighted by molar-refractivity contribution is -0.0504. The summed E-state index contributed by atoms with van der Waals surface area (Å²) in [5, 5.41) is 8.61. The van der Waals surface area contributed by atoms with Gasteiger partial charge in [-0.1, -0.05) is 18.2 Å². The third-order valence-corrected chi connectivity index (χ3v) is 2.52. The molecule has 4 N–H and O–H groups in total. The molecule has 0 bridgehead atoms. The molecule has 0 spiro atoms. The minimum Gasteiger partial charge on any atom is -0.434 e. The maximum absolute atomic E-state index is 12.2. The largest absolute Gasteiger partial charge is 0.434 e. The lowest BCUT2D eigenvalue weighted by Crippen LogP contribution is -2.24. The monoisotopic (exact) mass is 282 g/mol. The first-order valence-electron chi connectivity index (χ1n) is 5.67. The first-order chi connectivity index (χ1) is 9.58. The van der Waals surface area contributed by atoms with Crippen molar-refractivity contribution in [2.75, 3.05) is 5.73 Å². The van der Waals surface area contributed by atoms with E-state index in [9.17, 15) is 13.6 Å². The van der Waals surface area contributed by atoms with Crippen molar-refractivity contribution in [3.05, 3.63) is 41.7 Å². The number of para-hydroxylation sites is 1. The molecule has 20 heavy (non-hydrogen) atoms. The average Bonchev–Trinajstić information content (AvgIpc) is 2.83. The van der Waals surface area contributed by atoms with Crippen LogP contribution in [0.15, 0.2) is 30.5 Å². The predicted octanol–water partition coefficient (Wildman–Crippen LogP) is 1.52. The summed E-state index contributed by atoms with van der Waals surface area (Å²) in [4.78, 5) is 11.8. The number of hydrogen-bond acceptors (Lipinski definition) is 4. The number of rotatable bonds is 5. The number of carbonyl (C=O) groups is 1. The van der Waals surface area contributed by atoms with Crippen LogP contribution in [0.5, 0.6) is 5.75 Å². The van der Waals surface area contributed by atoms with Gasteiger partial charge in [-0.15, -0.1) is 0 Å². The molecule has 106 valence electrons. The van der Waals surface area contributed by atoms with E-state index in [-0.39, 0.29) is 23.7 Å². The van der Waals surface area contributed by atoms with Crippen LogP contribution >= 0.6 is 0 Å². The zero-order valence-corrected chi connectivity index (χ0v) is 10.3. The molecule has 0 aliphatic rings. The Morgan fingerprint density at radius 3 is 2.85 bits per heavy atom. The highest BCUT2D eigenvalue weighted by Gasteiger charge is 2.13. The van der Waals surface area contributed by atoms with Gasteiger partial charge >= 0.3 is 6.61 Å². The molecular weight excluding hydrogens is 270 g/mol. The Bertz CT molecular complexity index is 601. The number of nitrogens with one attached hydrogen (secondary N) is 2. The Morgan fingerprint density at radius 1 is 1.45 bits per heavy atom. The molecule has 1 amide bonds. The van der Waals surface area contributed by atoms with Crippen LogP contribution in [0.2, 0.25) is 0 Å². The fraction of sp³-hybridized carbons (Fsp3) is 0.167. The minimum absolute atomic E-state index is 0.0142. The first-order valence-corrected chi connectivity index (χ1v) is 5.67. The third kappa shape index (κ3) is 3.22. The van der Waals surface area contributed by atoms with Gasteiger partial charge < -0.3 is 15.8 Å². The van der Waals surface area contributed by atoms with Gasteiger partial charge in [0.2, 0.25) is 0 Å². The van der Waals surface area contributed by atoms with E-state index in [4.69, 9.17) is 5.73 Å². The molecule has 0 radical (unpaired) electrons. The van der Waals surface area contributed by atoms with Gasteiger partial charge in [-0.2, -0.15) is 13.9 Å². The maximum Gasteiger partial charge on any atom is 0.387 e. The number of aromatic amines is 1. The fourth-order valence-corrected chi connectivity index (χ4v) is 1.60. The number of hydrogen-bond donors (Lipinski definition) is 3. The van der Waals surface area contributed by atoms with Crippen LogP contribution in [0.25, 0.3) is 0 Å². The zero-order chi connectivity index (χ0) is 14.5. The van der Waals surface area contributed by atoms with Crippen LogP contribution in [0.3, 0.4) is 0 Å². The lowest BCUT2D eigenvalue weighted by atomic mass is 10.2. The third-order valence-electron chi connectivity index (χ3n) is 2.52. The average molecular weight is 282 g/mol. The second kappa shape index (κ2) is 6.00. The molecule has 0 unspecified atom stereocenters. The number of nitrogens with zero attached hydrogens (tertiary/aromatic N) is 1. The predicted molar refractivity (Wildman–Crippen MR) is 67.2 cm³/mol. The highest BCUT2D eigenvalue weighted by molar-refractivity contribution is 5.96. The molecule has 8 heteroatoms. The number of nitrogens with two attached hydrogens (primary N) is 1. The summed E-state index contributed by atoms with van der Waals surface area (Å²) in [7, 11) is 0. The Morgan fingerprint density at radius 2 is 2.20 bits per heavy atom. The van der Waals surface area contributed by atoms with Crippen LogP contribution in [-0.4, -0.2) is 22.7 Å². The minimum atomic E-state index is -2.92. The second-order valence-corrected chi connectivity index (χ2v) is 3.87. The summed E-state index contributed by atoms with van der Waals surface area (Å²) in [5.41, 5.74) is 6.29. The van der Waals surface area contributed by atoms with Gasteiger partial charge in [0, 0.05) is 12.1 Å². The molecule has 6 nitrogen and oxygen atoms in total. The number of halogens is 2. The molecule has 0 saturated carbocycles. The molecule has 1 aromatic carbocycles. The molecule has 2 rings (SSSR count). The van der Waals surface area contributed by atoms with Gasteiger partial charge in [-0.05, 0) is 6.07 Å². The van der Waals surface area contributed by atoms with E-state index in [1.807, 2.05) is 0 Å². The van der Waals surface area contributed by atoms with Crippen molar-refractivity contribution in [3.8, 4) is 5.75 Å². The van der Waals surface area contributed by atoms with E-state index in [0.29, 0.717) is 5.56 Å². The van der Waals surface area contributed by atoms with Gasteiger partial charge in [0.05, 0.1) is 11.9 Å². The molecule has 0 fully saturated rings. The standard InChI is InChI=1S/C12H12F2N4O2/c13-12(14)20-9-4-2-1-3-7(9)5-16-11(19)10-8(15)6-17-18-10/h1-4,6,12H,5,15H2,(H,16,19)(H,17,18). The number of ether oxygens (including phenoxy) is 1. The van der Waals surface area contributed by atoms with Crippen LogP contribution in [-0.2, 0) is 6.54 Å². The Balaban J connectivity index is 2.04. The topological polar surface area (TPSA) is 93.0 Å². The van der Waals surface area contributed by atoms with Crippen LogP contribution < -0.4 is 15.8 Å². The van der Waals surface area contributed by atoms with Gasteiger partial charge in [0.25, 0.3) is 5.91 Å². The van der Waals surface area contributed by atoms with E-state index < -0.39 is 12.5 Å². The van der Waals surface area contributed by atoms with E-state index >= 15 is 0 Å². The molecule has 0 atom stereocenters. The van der Waals surface area contributed by atoms with Crippen LogP contribution in [0, 0.1) is 0 Å². The normalized spacial score (nSPS) is 10.6. The Labute approximate surface area is 112 Å². The molecule has 2 aromatic rings. The van der Waals surface area contributed by atoms with Crippen molar-refractivity contribution < 1.29 is 18.3 Å². The highest BCUT2D eigenvalue weighted by atomic mass is 19.3. The van der Waals surface area contributed by atoms with Gasteiger partial charge in [0.15, 0.2) is 0 Å². The van der Waals surface area contributed by atoms with Crippen LogP contribution in [0.1, 0.15) is 16.1 Å². The van der Waals surface area contributed by atoms with Crippen molar-refractivity contribution in [2.24, 2.45) is 0 Å². The summed E-state index contributed by atoms with van der Waals surface area (Å²) in [6, 6.07) is 6.20. The molecule has 1 aromatic heterocycles. The molecule has 1 heterocycles. The molecule has 0 aliphatic heterocycles. The van der Waals surface area contributed by atoms with E-state index in [0.717, 1.165) is 0 Å². The van der Waals surface area contributed by atoms with Gasteiger partial charge in [0.1, 0.15) is 11.4 Å². The number of alkyl halides is 2. The number of aromatic nitrogens is 2. The number of anilines is 1. The maximum atomic E-state index is 12.2. The quantitative estimate of drug-likeness (QED) is 0.775. The summed E-state index contributed by atoms with van der Waals surface area (Å²) >= 11 is 0. The highest BCUT2D eigenvalue weighted by Crippen LogP contribution is 2.20. The Kier molecular flexibility index (Phi) is 4.14. The van der Waals surface area contributed by atoms with Gasteiger partial charge in [-0.3, -0.25) is 9.89 Å².